The van der Waals surface area contributed by atoms with Crippen molar-refractivity contribution in [3.63, 3.8) is 0 Å². The van der Waals surface area contributed by atoms with Gasteiger partial charge < -0.3 is 14.8 Å². The van der Waals surface area contributed by atoms with Gasteiger partial charge >= 0.3 is 0 Å². The van der Waals surface area contributed by atoms with Crippen LogP contribution in [-0.4, -0.2) is 20.3 Å². The Morgan fingerprint density at radius 2 is 2.09 bits per heavy atom. The molecule has 4 nitrogen and oxygen atoms in total. The number of hydrogen-bond acceptors (Lipinski definition) is 4. The molecule has 0 saturated carbocycles. The molecular weight excluding hydrogens is 300 g/mol. The summed E-state index contributed by atoms with van der Waals surface area (Å²) >= 11 is 5.93. The molecule has 1 N–H and O–H groups in total. The standard InChI is InChI=1S/C17H17ClN2O2/c1-21-16-4-2-3-13(9-16)12-22-8-7-20-17-10-15(18)6-5-14(17)11-19/h2-6,9-10,20H,7-8,12H2,1H3. The van der Waals surface area contributed by atoms with Gasteiger partial charge in [-0.25, -0.2) is 0 Å². The van der Waals surface area contributed by atoms with E-state index in [0.29, 0.717) is 30.3 Å². The number of rotatable bonds is 7. The lowest BCUT2D eigenvalue weighted by atomic mass is 10.2. The molecule has 0 aliphatic carbocycles. The first-order valence-electron chi connectivity index (χ1n) is 6.87. The first kappa shape index (κ1) is 16.2. The van der Waals surface area contributed by atoms with Gasteiger partial charge in [-0.2, -0.15) is 5.26 Å². The van der Waals surface area contributed by atoms with Gasteiger partial charge in [-0.1, -0.05) is 23.7 Å². The maximum Gasteiger partial charge on any atom is 0.119 e. The van der Waals surface area contributed by atoms with E-state index in [1.54, 1.807) is 25.3 Å². The highest BCUT2D eigenvalue weighted by atomic mass is 35.5. The van der Waals surface area contributed by atoms with E-state index in [1.807, 2.05) is 24.3 Å². The van der Waals surface area contributed by atoms with Crippen molar-refractivity contribution in [1.82, 2.24) is 0 Å². The first-order valence-corrected chi connectivity index (χ1v) is 7.25. The average Bonchev–Trinajstić information content (AvgIpc) is 2.55. The zero-order valence-corrected chi connectivity index (χ0v) is 13.1. The quantitative estimate of drug-likeness (QED) is 0.788. The van der Waals surface area contributed by atoms with E-state index in [9.17, 15) is 0 Å². The lowest BCUT2D eigenvalue weighted by Gasteiger charge is -2.10. The normalized spacial score (nSPS) is 10.0. The SMILES string of the molecule is COc1cccc(COCCNc2cc(Cl)ccc2C#N)c1. The molecule has 0 atom stereocenters. The molecule has 0 fully saturated rings. The van der Waals surface area contributed by atoms with E-state index in [1.165, 1.54) is 0 Å². The fraction of sp³-hybridized carbons (Fsp3) is 0.235. The number of ether oxygens (including phenoxy) is 2. The van der Waals surface area contributed by atoms with Crippen LogP contribution in [0.15, 0.2) is 42.5 Å². The van der Waals surface area contributed by atoms with Crippen LogP contribution in [0.5, 0.6) is 5.75 Å². The summed E-state index contributed by atoms with van der Waals surface area (Å²) in [6, 6.07) is 15.0. The summed E-state index contributed by atoms with van der Waals surface area (Å²) < 4.78 is 10.8. The van der Waals surface area contributed by atoms with Crippen LogP contribution in [0.1, 0.15) is 11.1 Å². The van der Waals surface area contributed by atoms with E-state index < -0.39 is 0 Å². The van der Waals surface area contributed by atoms with Crippen molar-refractivity contribution < 1.29 is 9.47 Å². The molecule has 0 bridgehead atoms. The van der Waals surface area contributed by atoms with Gasteiger partial charge in [0.15, 0.2) is 0 Å². The molecule has 2 aromatic carbocycles. The Morgan fingerprint density at radius 1 is 1.23 bits per heavy atom. The topological polar surface area (TPSA) is 54.3 Å². The van der Waals surface area contributed by atoms with Crippen LogP contribution in [0.4, 0.5) is 5.69 Å². The van der Waals surface area contributed by atoms with Gasteiger partial charge in [-0.05, 0) is 35.9 Å². The van der Waals surface area contributed by atoms with Gasteiger partial charge in [0, 0.05) is 11.6 Å². The van der Waals surface area contributed by atoms with Crippen LogP contribution in [-0.2, 0) is 11.3 Å². The summed E-state index contributed by atoms with van der Waals surface area (Å²) in [7, 11) is 1.64. The van der Waals surface area contributed by atoms with Crippen molar-refractivity contribution in [2.75, 3.05) is 25.6 Å². The van der Waals surface area contributed by atoms with Crippen molar-refractivity contribution in [2.45, 2.75) is 6.61 Å². The predicted octanol–water partition coefficient (Wildman–Crippen LogP) is 3.85. The monoisotopic (exact) mass is 316 g/mol. The molecule has 0 aliphatic heterocycles. The lowest BCUT2D eigenvalue weighted by Crippen LogP contribution is -2.10. The van der Waals surface area contributed by atoms with Crippen LogP contribution < -0.4 is 10.1 Å². The number of halogens is 1. The van der Waals surface area contributed by atoms with Crippen LogP contribution in [0.2, 0.25) is 5.02 Å². The highest BCUT2D eigenvalue weighted by Gasteiger charge is 2.02. The van der Waals surface area contributed by atoms with E-state index in [2.05, 4.69) is 11.4 Å². The number of anilines is 1. The molecule has 22 heavy (non-hydrogen) atoms. The molecule has 114 valence electrons. The molecule has 0 unspecified atom stereocenters. The minimum Gasteiger partial charge on any atom is -0.497 e. The van der Waals surface area contributed by atoms with Crippen molar-refractivity contribution >= 4 is 17.3 Å². The Labute approximate surface area is 135 Å². The average molecular weight is 317 g/mol. The Morgan fingerprint density at radius 3 is 2.86 bits per heavy atom. The Hall–Kier alpha value is -2.22. The van der Waals surface area contributed by atoms with Gasteiger partial charge in [0.25, 0.3) is 0 Å². The zero-order valence-electron chi connectivity index (χ0n) is 12.3. The Bertz CT molecular complexity index is 668. The zero-order chi connectivity index (χ0) is 15.8. The molecule has 0 amide bonds. The van der Waals surface area contributed by atoms with Gasteiger partial charge in [0.1, 0.15) is 11.8 Å². The molecule has 0 aliphatic rings. The van der Waals surface area contributed by atoms with Gasteiger partial charge in [0.2, 0.25) is 0 Å². The van der Waals surface area contributed by atoms with Crippen LogP contribution >= 0.6 is 11.6 Å². The number of nitrogens with zero attached hydrogens (tertiary/aromatic N) is 1. The minimum atomic E-state index is 0.513. The predicted molar refractivity (Wildman–Crippen MR) is 87.3 cm³/mol. The number of benzene rings is 2. The fourth-order valence-electron chi connectivity index (χ4n) is 1.97. The largest absolute Gasteiger partial charge is 0.497 e. The molecule has 0 heterocycles. The highest BCUT2D eigenvalue weighted by Crippen LogP contribution is 2.20. The third-order valence-electron chi connectivity index (χ3n) is 3.07. The first-order chi connectivity index (χ1) is 10.7. The lowest BCUT2D eigenvalue weighted by molar-refractivity contribution is 0.130. The fourth-order valence-corrected chi connectivity index (χ4v) is 2.14. The summed E-state index contributed by atoms with van der Waals surface area (Å²) in [4.78, 5) is 0. The Kier molecular flexibility index (Phi) is 6.08. The summed E-state index contributed by atoms with van der Waals surface area (Å²) in [5, 5.41) is 12.8. The smallest absolute Gasteiger partial charge is 0.119 e. The molecule has 5 heteroatoms. The summed E-state index contributed by atoms with van der Waals surface area (Å²) in [6.45, 7) is 1.63. The number of hydrogen-bond donors (Lipinski definition) is 1. The molecule has 0 saturated heterocycles. The molecule has 2 rings (SSSR count). The number of nitrogens with one attached hydrogen (secondary N) is 1. The molecule has 2 aromatic rings. The van der Waals surface area contributed by atoms with E-state index in [0.717, 1.165) is 17.0 Å². The van der Waals surface area contributed by atoms with Crippen molar-refractivity contribution in [2.24, 2.45) is 0 Å². The molecule has 0 spiro atoms. The maximum atomic E-state index is 9.03. The molecule has 0 aromatic heterocycles. The second-order valence-electron chi connectivity index (χ2n) is 4.63. The van der Waals surface area contributed by atoms with Crippen LogP contribution in [0.25, 0.3) is 0 Å². The third-order valence-corrected chi connectivity index (χ3v) is 3.30. The van der Waals surface area contributed by atoms with Crippen molar-refractivity contribution in [3.8, 4) is 11.8 Å². The van der Waals surface area contributed by atoms with E-state index in [-0.39, 0.29) is 0 Å². The third kappa shape index (κ3) is 4.66. The second-order valence-corrected chi connectivity index (χ2v) is 5.07. The van der Waals surface area contributed by atoms with E-state index >= 15 is 0 Å². The van der Waals surface area contributed by atoms with Crippen LogP contribution in [0.3, 0.4) is 0 Å². The minimum absolute atomic E-state index is 0.513. The molecule has 0 radical (unpaired) electrons. The van der Waals surface area contributed by atoms with E-state index in [4.69, 9.17) is 26.3 Å². The highest BCUT2D eigenvalue weighted by molar-refractivity contribution is 6.30. The summed E-state index contributed by atoms with van der Waals surface area (Å²) in [5.74, 6) is 0.816. The van der Waals surface area contributed by atoms with Crippen molar-refractivity contribution in [3.05, 3.63) is 58.6 Å². The summed E-state index contributed by atoms with van der Waals surface area (Å²) in [5.41, 5.74) is 2.34. The number of methoxy groups -OCH3 is 1. The van der Waals surface area contributed by atoms with Crippen LogP contribution in [0, 0.1) is 11.3 Å². The Balaban J connectivity index is 1.78. The molecular formula is C17H17ClN2O2. The second kappa shape index (κ2) is 8.28. The summed E-state index contributed by atoms with van der Waals surface area (Å²) in [6.07, 6.45) is 0. The maximum absolute atomic E-state index is 9.03. The van der Waals surface area contributed by atoms with Gasteiger partial charge in [-0.3, -0.25) is 0 Å². The number of nitriles is 1. The van der Waals surface area contributed by atoms with Crippen molar-refractivity contribution in [1.29, 1.82) is 5.26 Å². The van der Waals surface area contributed by atoms with Gasteiger partial charge in [-0.15, -0.1) is 0 Å². The van der Waals surface area contributed by atoms with Gasteiger partial charge in [0.05, 0.1) is 31.6 Å².